The molecular formula is C30H50O2. The summed E-state index contributed by atoms with van der Waals surface area (Å²) >= 11 is 0. The summed E-state index contributed by atoms with van der Waals surface area (Å²) < 4.78 is 0. The van der Waals surface area contributed by atoms with Gasteiger partial charge in [0.25, 0.3) is 0 Å². The van der Waals surface area contributed by atoms with Gasteiger partial charge in [0, 0.05) is 5.92 Å². The Bertz CT molecular complexity index is 710. The fourth-order valence-corrected chi connectivity index (χ4v) is 9.57. The van der Waals surface area contributed by atoms with Crippen LogP contribution in [0.25, 0.3) is 0 Å². The number of aldehydes is 1. The molecule has 1 N–H and O–H groups in total. The highest BCUT2D eigenvalue weighted by atomic mass is 16.3. The Hall–Kier alpha value is -0.630. The molecule has 0 saturated heterocycles. The zero-order valence-electron chi connectivity index (χ0n) is 21.8. The van der Waals surface area contributed by atoms with Gasteiger partial charge in [-0.3, -0.25) is 0 Å². The lowest BCUT2D eigenvalue weighted by Gasteiger charge is -2.60. The first-order valence-corrected chi connectivity index (χ1v) is 14.0. The summed E-state index contributed by atoms with van der Waals surface area (Å²) in [7, 11) is 0. The molecule has 2 nitrogen and oxygen atoms in total. The molecule has 2 heteroatoms. The van der Waals surface area contributed by atoms with Gasteiger partial charge in [-0.25, -0.2) is 0 Å². The van der Waals surface area contributed by atoms with Crippen molar-refractivity contribution in [1.82, 2.24) is 0 Å². The summed E-state index contributed by atoms with van der Waals surface area (Å²) in [5.74, 6) is 5.50. The molecule has 0 aromatic rings. The second kappa shape index (κ2) is 9.20. The molecule has 0 aliphatic heterocycles. The van der Waals surface area contributed by atoms with Crippen molar-refractivity contribution in [3.63, 3.8) is 0 Å². The zero-order chi connectivity index (χ0) is 23.3. The monoisotopic (exact) mass is 442 g/mol. The van der Waals surface area contributed by atoms with E-state index in [9.17, 15) is 9.90 Å². The number of hydrogen-bond donors (Lipinski definition) is 1. The quantitative estimate of drug-likeness (QED) is 0.328. The van der Waals surface area contributed by atoms with E-state index >= 15 is 0 Å². The third-order valence-electron chi connectivity index (χ3n) is 11.6. The van der Waals surface area contributed by atoms with Gasteiger partial charge in [-0.1, -0.05) is 60.5 Å². The minimum absolute atomic E-state index is 0.0210. The summed E-state index contributed by atoms with van der Waals surface area (Å²) in [5.41, 5.74) is 1.78. The molecule has 0 radical (unpaired) electrons. The Morgan fingerprint density at radius 2 is 1.81 bits per heavy atom. The molecule has 0 aromatic heterocycles. The highest BCUT2D eigenvalue weighted by molar-refractivity contribution is 5.58. The van der Waals surface area contributed by atoms with E-state index in [4.69, 9.17) is 0 Å². The predicted octanol–water partition coefficient (Wildman–Crippen LogP) is 7.45. The van der Waals surface area contributed by atoms with Crippen LogP contribution in [-0.2, 0) is 4.79 Å². The Balaban J connectivity index is 1.51. The molecule has 1 unspecified atom stereocenters. The average molecular weight is 443 g/mol. The van der Waals surface area contributed by atoms with Crippen LogP contribution in [0.15, 0.2) is 11.6 Å². The first-order valence-electron chi connectivity index (χ1n) is 14.0. The second-order valence-electron chi connectivity index (χ2n) is 13.2. The highest BCUT2D eigenvalue weighted by Gasteiger charge is 2.60. The number of rotatable bonds is 7. The molecule has 3 saturated carbocycles. The van der Waals surface area contributed by atoms with Gasteiger partial charge >= 0.3 is 0 Å². The molecule has 4 aliphatic carbocycles. The molecule has 0 amide bonds. The Kier molecular flexibility index (Phi) is 7.04. The summed E-state index contributed by atoms with van der Waals surface area (Å²) in [6.07, 6.45) is 15.4. The second-order valence-corrected chi connectivity index (χ2v) is 13.2. The van der Waals surface area contributed by atoms with E-state index in [0.717, 1.165) is 55.1 Å². The van der Waals surface area contributed by atoms with E-state index < -0.39 is 0 Å². The van der Waals surface area contributed by atoms with E-state index in [1.54, 1.807) is 0 Å². The van der Waals surface area contributed by atoms with Crippen LogP contribution in [0, 0.1) is 58.2 Å². The van der Waals surface area contributed by atoms with Crippen molar-refractivity contribution in [3.8, 4) is 0 Å². The highest BCUT2D eigenvalue weighted by Crippen LogP contribution is 2.68. The third-order valence-corrected chi connectivity index (χ3v) is 11.6. The minimum Gasteiger partial charge on any atom is -0.389 e. The van der Waals surface area contributed by atoms with Crippen LogP contribution in [0.2, 0.25) is 0 Å². The largest absolute Gasteiger partial charge is 0.389 e. The molecule has 32 heavy (non-hydrogen) atoms. The molecule has 0 bridgehead atoms. The van der Waals surface area contributed by atoms with E-state index in [0.29, 0.717) is 17.3 Å². The standard InChI is InChI=1S/C30H50O2/c1-7-22(19(2)3)9-8-20(4)24-10-11-25-23-17-28(32)27-16-21(18-31)12-14-30(27,6)26(23)13-15-29(24,25)5/h16,18-26,28,32H,7-15,17H2,1-6H3/t20-,21?,22-,23+,24-,25+,26+,28-,29-,30-/m1/s1. The van der Waals surface area contributed by atoms with Crippen molar-refractivity contribution >= 4 is 6.29 Å². The van der Waals surface area contributed by atoms with E-state index in [-0.39, 0.29) is 17.4 Å². The normalized spacial score (nSPS) is 45.4. The molecule has 0 spiro atoms. The number of fused-ring (bicyclic) bond motifs is 5. The first-order chi connectivity index (χ1) is 15.2. The van der Waals surface area contributed by atoms with Gasteiger partial charge in [0.1, 0.15) is 6.29 Å². The maximum Gasteiger partial charge on any atom is 0.126 e. The number of aliphatic hydroxyl groups excluding tert-OH is 1. The molecule has 3 fully saturated rings. The number of hydrogen-bond acceptors (Lipinski definition) is 2. The van der Waals surface area contributed by atoms with Crippen LogP contribution < -0.4 is 0 Å². The van der Waals surface area contributed by atoms with Crippen LogP contribution in [0.1, 0.15) is 106 Å². The average Bonchev–Trinajstić information content (AvgIpc) is 3.11. The Morgan fingerprint density at radius 3 is 2.47 bits per heavy atom. The fraction of sp³-hybridized carbons (Fsp3) is 0.900. The number of allylic oxidation sites excluding steroid dienone is 1. The SMILES string of the molecule is CC[C@H](CC[C@@H](C)[C@H]1CC[C@H]2[C@@H]3C[C@@H](O)C4=CC(C=O)CC[C@]4(C)[C@H]3CC[C@]12C)C(C)C. The summed E-state index contributed by atoms with van der Waals surface area (Å²) in [4.78, 5) is 11.4. The van der Waals surface area contributed by atoms with Crippen molar-refractivity contribution in [1.29, 1.82) is 0 Å². The van der Waals surface area contributed by atoms with Crippen LogP contribution >= 0.6 is 0 Å². The van der Waals surface area contributed by atoms with E-state index in [1.165, 1.54) is 50.5 Å². The van der Waals surface area contributed by atoms with E-state index in [1.807, 2.05) is 0 Å². The minimum atomic E-state index is -0.334. The molecule has 182 valence electrons. The third kappa shape index (κ3) is 3.95. The molecule has 10 atom stereocenters. The van der Waals surface area contributed by atoms with Crippen molar-refractivity contribution in [3.05, 3.63) is 11.6 Å². The lowest BCUT2D eigenvalue weighted by atomic mass is 9.45. The Morgan fingerprint density at radius 1 is 1.06 bits per heavy atom. The maximum absolute atomic E-state index is 11.4. The van der Waals surface area contributed by atoms with E-state index in [2.05, 4.69) is 47.6 Å². The lowest BCUT2D eigenvalue weighted by Crippen LogP contribution is -2.54. The molecule has 0 aromatic carbocycles. The Labute approximate surface area is 198 Å². The van der Waals surface area contributed by atoms with Crippen molar-refractivity contribution in [2.24, 2.45) is 58.2 Å². The number of carbonyl (C=O) groups excluding carboxylic acids is 1. The first kappa shape index (κ1) is 24.5. The molecule has 0 heterocycles. The fourth-order valence-electron chi connectivity index (χ4n) is 9.57. The van der Waals surface area contributed by atoms with Gasteiger partial charge < -0.3 is 9.90 Å². The van der Waals surface area contributed by atoms with Gasteiger partial charge in [-0.15, -0.1) is 0 Å². The van der Waals surface area contributed by atoms with Crippen LogP contribution in [-0.4, -0.2) is 17.5 Å². The number of aliphatic hydroxyl groups is 1. The van der Waals surface area contributed by atoms with Gasteiger partial charge in [-0.2, -0.15) is 0 Å². The summed E-state index contributed by atoms with van der Waals surface area (Å²) in [5, 5.41) is 11.2. The zero-order valence-corrected chi connectivity index (χ0v) is 21.8. The smallest absolute Gasteiger partial charge is 0.126 e. The van der Waals surface area contributed by atoms with Gasteiger partial charge in [0.2, 0.25) is 0 Å². The molecular weight excluding hydrogens is 392 g/mol. The summed E-state index contributed by atoms with van der Waals surface area (Å²) in [6.45, 7) is 14.8. The molecule has 4 rings (SSSR count). The van der Waals surface area contributed by atoms with Crippen molar-refractivity contribution < 1.29 is 9.90 Å². The predicted molar refractivity (Wildman–Crippen MR) is 133 cm³/mol. The van der Waals surface area contributed by atoms with Crippen molar-refractivity contribution in [2.75, 3.05) is 0 Å². The van der Waals surface area contributed by atoms with Gasteiger partial charge in [0.15, 0.2) is 0 Å². The summed E-state index contributed by atoms with van der Waals surface area (Å²) in [6, 6.07) is 0. The van der Waals surface area contributed by atoms with Crippen molar-refractivity contribution in [2.45, 2.75) is 112 Å². The lowest BCUT2D eigenvalue weighted by molar-refractivity contribution is -0.111. The van der Waals surface area contributed by atoms with Gasteiger partial charge in [0.05, 0.1) is 6.10 Å². The van der Waals surface area contributed by atoms with Gasteiger partial charge in [-0.05, 0) is 109 Å². The maximum atomic E-state index is 11.4. The molecule has 4 aliphatic rings. The topological polar surface area (TPSA) is 37.3 Å². The number of carbonyl (C=O) groups is 1. The van der Waals surface area contributed by atoms with Crippen LogP contribution in [0.3, 0.4) is 0 Å². The van der Waals surface area contributed by atoms with Crippen LogP contribution in [0.5, 0.6) is 0 Å². The van der Waals surface area contributed by atoms with Crippen LogP contribution in [0.4, 0.5) is 0 Å².